The van der Waals surface area contributed by atoms with Crippen LogP contribution in [0.25, 0.3) is 10.9 Å². The van der Waals surface area contributed by atoms with Gasteiger partial charge in [0.15, 0.2) is 0 Å². The van der Waals surface area contributed by atoms with Gasteiger partial charge in [-0.25, -0.2) is 9.59 Å². The molecule has 0 saturated carbocycles. The largest absolute Gasteiger partial charge is 0.465 e. The maximum absolute atomic E-state index is 11.8. The average molecular weight is 338 g/mol. The highest BCUT2D eigenvalue weighted by atomic mass is 79.9. The van der Waals surface area contributed by atoms with Gasteiger partial charge in [-0.05, 0) is 28.9 Å². The number of fused-ring (bicyclic) bond motifs is 1. The van der Waals surface area contributed by atoms with E-state index in [0.717, 1.165) is 0 Å². The van der Waals surface area contributed by atoms with Gasteiger partial charge in [-0.3, -0.25) is 4.98 Å². The molecule has 0 bridgehead atoms. The van der Waals surface area contributed by atoms with Gasteiger partial charge in [-0.1, -0.05) is 12.1 Å². The Labute approximate surface area is 124 Å². The van der Waals surface area contributed by atoms with E-state index < -0.39 is 11.9 Å². The number of esters is 2. The lowest BCUT2D eigenvalue weighted by atomic mass is 10.1. The summed E-state index contributed by atoms with van der Waals surface area (Å²) in [6.45, 7) is 2.02. The molecule has 2 aromatic rings. The molecule has 1 heterocycles. The summed E-state index contributed by atoms with van der Waals surface area (Å²) in [4.78, 5) is 27.7. The van der Waals surface area contributed by atoms with Crippen LogP contribution in [0.3, 0.4) is 0 Å². The molecular weight excluding hydrogens is 326 g/mol. The first-order valence-electron chi connectivity index (χ1n) is 5.92. The topological polar surface area (TPSA) is 65.5 Å². The summed E-state index contributed by atoms with van der Waals surface area (Å²) in [6.07, 6.45) is 1.39. The van der Waals surface area contributed by atoms with Gasteiger partial charge < -0.3 is 9.47 Å². The van der Waals surface area contributed by atoms with E-state index in [1.54, 1.807) is 25.1 Å². The fraction of sp³-hybridized carbons (Fsp3) is 0.214. The lowest BCUT2D eigenvalue weighted by molar-refractivity contribution is 0.0524. The molecule has 1 aromatic carbocycles. The van der Waals surface area contributed by atoms with Gasteiger partial charge in [0.1, 0.15) is 0 Å². The molecule has 5 nitrogen and oxygen atoms in total. The molecule has 20 heavy (non-hydrogen) atoms. The van der Waals surface area contributed by atoms with Gasteiger partial charge in [-0.2, -0.15) is 0 Å². The summed E-state index contributed by atoms with van der Waals surface area (Å²) in [6, 6.07) is 5.09. The maximum Gasteiger partial charge on any atom is 0.340 e. The molecule has 6 heteroatoms. The van der Waals surface area contributed by atoms with Gasteiger partial charge in [0.2, 0.25) is 0 Å². The van der Waals surface area contributed by atoms with Gasteiger partial charge in [0.25, 0.3) is 0 Å². The minimum Gasteiger partial charge on any atom is -0.465 e. The number of nitrogens with zero attached hydrogens (tertiary/aromatic N) is 1. The van der Waals surface area contributed by atoms with E-state index >= 15 is 0 Å². The first kappa shape index (κ1) is 14.5. The van der Waals surface area contributed by atoms with Crippen molar-refractivity contribution in [3.8, 4) is 0 Å². The van der Waals surface area contributed by atoms with Crippen molar-refractivity contribution >= 4 is 38.8 Å². The summed E-state index contributed by atoms with van der Waals surface area (Å²) in [5.41, 5.74) is 1.14. The van der Waals surface area contributed by atoms with Crippen LogP contribution in [-0.2, 0) is 9.47 Å². The molecule has 0 fully saturated rings. The zero-order valence-corrected chi connectivity index (χ0v) is 12.6. The van der Waals surface area contributed by atoms with E-state index in [2.05, 4.69) is 20.9 Å². The van der Waals surface area contributed by atoms with E-state index in [4.69, 9.17) is 9.47 Å². The van der Waals surface area contributed by atoms with Crippen LogP contribution < -0.4 is 0 Å². The number of carbonyl (C=O) groups is 2. The first-order valence-corrected chi connectivity index (χ1v) is 6.72. The Balaban J connectivity index is 2.63. The van der Waals surface area contributed by atoms with Crippen molar-refractivity contribution in [2.24, 2.45) is 0 Å². The number of pyridine rings is 1. The van der Waals surface area contributed by atoms with E-state index in [0.29, 0.717) is 26.5 Å². The summed E-state index contributed by atoms with van der Waals surface area (Å²) in [7, 11) is 1.31. The third kappa shape index (κ3) is 2.51. The third-order valence-corrected chi connectivity index (χ3v) is 3.59. The van der Waals surface area contributed by atoms with Crippen LogP contribution in [0, 0.1) is 0 Å². The minimum atomic E-state index is -0.473. The maximum atomic E-state index is 11.8. The van der Waals surface area contributed by atoms with Gasteiger partial charge in [0, 0.05) is 16.1 Å². The van der Waals surface area contributed by atoms with Crippen molar-refractivity contribution in [3.05, 3.63) is 40.0 Å². The van der Waals surface area contributed by atoms with Crippen molar-refractivity contribution in [3.63, 3.8) is 0 Å². The van der Waals surface area contributed by atoms with Gasteiger partial charge in [0.05, 0.1) is 30.4 Å². The second-order valence-corrected chi connectivity index (χ2v) is 4.69. The fourth-order valence-corrected chi connectivity index (χ4v) is 2.40. The summed E-state index contributed by atoms with van der Waals surface area (Å²) in [5, 5.41) is 0.651. The molecule has 0 aliphatic heterocycles. The van der Waals surface area contributed by atoms with Crippen molar-refractivity contribution in [1.29, 1.82) is 0 Å². The molecule has 0 radical (unpaired) electrons. The molecule has 0 aliphatic carbocycles. The molecule has 0 N–H and O–H groups in total. The average Bonchev–Trinajstić information content (AvgIpc) is 2.46. The van der Waals surface area contributed by atoms with E-state index in [1.165, 1.54) is 13.3 Å². The Bertz CT molecular complexity index is 684. The smallest absolute Gasteiger partial charge is 0.340 e. The predicted molar refractivity (Wildman–Crippen MR) is 76.7 cm³/mol. The Morgan fingerprint density at radius 1 is 1.25 bits per heavy atom. The molecule has 0 atom stereocenters. The summed E-state index contributed by atoms with van der Waals surface area (Å²) in [5.74, 6) is -0.934. The Kier molecular flexibility index (Phi) is 4.34. The number of aromatic nitrogens is 1. The number of hydrogen-bond donors (Lipinski definition) is 0. The summed E-state index contributed by atoms with van der Waals surface area (Å²) >= 11 is 3.36. The quantitative estimate of drug-likeness (QED) is 0.805. The summed E-state index contributed by atoms with van der Waals surface area (Å²) < 4.78 is 10.2. The molecule has 0 saturated heterocycles. The Morgan fingerprint density at radius 3 is 2.65 bits per heavy atom. The normalized spacial score (nSPS) is 10.3. The highest BCUT2D eigenvalue weighted by Gasteiger charge is 2.18. The first-order chi connectivity index (χ1) is 9.60. The molecule has 0 unspecified atom stereocenters. The molecule has 0 amide bonds. The van der Waals surface area contributed by atoms with E-state index in [-0.39, 0.29) is 6.61 Å². The SMILES string of the molecule is CCOC(=O)c1cnc2c(C(=O)OC)cccc2c1Br. The zero-order valence-electron chi connectivity index (χ0n) is 11.0. The van der Waals surface area contributed by atoms with Gasteiger partial charge in [-0.15, -0.1) is 0 Å². The standard InChI is InChI=1S/C14H12BrNO4/c1-3-20-14(18)10-7-16-12-8(11(10)15)5-4-6-9(12)13(17)19-2/h4-7H,3H2,1-2H3. The highest BCUT2D eigenvalue weighted by molar-refractivity contribution is 9.10. The third-order valence-electron chi connectivity index (χ3n) is 2.73. The zero-order chi connectivity index (χ0) is 14.7. The van der Waals surface area contributed by atoms with E-state index in [1.807, 2.05) is 0 Å². The Hall–Kier alpha value is -1.95. The molecule has 2 rings (SSSR count). The van der Waals surface area contributed by atoms with Crippen LogP contribution >= 0.6 is 15.9 Å². The van der Waals surface area contributed by atoms with E-state index in [9.17, 15) is 9.59 Å². The number of methoxy groups -OCH3 is 1. The monoisotopic (exact) mass is 337 g/mol. The fourth-order valence-electron chi connectivity index (χ4n) is 1.82. The van der Waals surface area contributed by atoms with Crippen molar-refractivity contribution in [2.75, 3.05) is 13.7 Å². The van der Waals surface area contributed by atoms with Crippen LogP contribution in [0.4, 0.5) is 0 Å². The van der Waals surface area contributed by atoms with Crippen LogP contribution in [0.5, 0.6) is 0 Å². The van der Waals surface area contributed by atoms with Crippen LogP contribution in [-0.4, -0.2) is 30.6 Å². The van der Waals surface area contributed by atoms with Crippen molar-refractivity contribution < 1.29 is 19.1 Å². The van der Waals surface area contributed by atoms with Crippen LogP contribution in [0.15, 0.2) is 28.9 Å². The number of halogens is 1. The van der Waals surface area contributed by atoms with Crippen LogP contribution in [0.2, 0.25) is 0 Å². The van der Waals surface area contributed by atoms with Crippen molar-refractivity contribution in [2.45, 2.75) is 6.92 Å². The number of benzene rings is 1. The lowest BCUT2D eigenvalue weighted by Gasteiger charge is -2.09. The minimum absolute atomic E-state index is 0.283. The lowest BCUT2D eigenvalue weighted by Crippen LogP contribution is -2.08. The molecule has 104 valence electrons. The van der Waals surface area contributed by atoms with Crippen molar-refractivity contribution in [1.82, 2.24) is 4.98 Å². The predicted octanol–water partition coefficient (Wildman–Crippen LogP) is 2.96. The number of carbonyl (C=O) groups excluding carboxylic acids is 2. The number of para-hydroxylation sites is 1. The van der Waals surface area contributed by atoms with Gasteiger partial charge >= 0.3 is 11.9 Å². The molecule has 1 aromatic heterocycles. The molecular formula is C14H12BrNO4. The number of rotatable bonds is 3. The second-order valence-electron chi connectivity index (χ2n) is 3.90. The Morgan fingerprint density at radius 2 is 2.00 bits per heavy atom. The number of ether oxygens (including phenoxy) is 2. The van der Waals surface area contributed by atoms with Crippen LogP contribution in [0.1, 0.15) is 27.6 Å². The molecule has 0 aliphatic rings. The highest BCUT2D eigenvalue weighted by Crippen LogP contribution is 2.28. The molecule has 0 spiro atoms. The number of hydrogen-bond acceptors (Lipinski definition) is 5. The second kappa shape index (κ2) is 6.00.